The molecule has 0 spiro atoms. The summed E-state index contributed by atoms with van der Waals surface area (Å²) in [6.07, 6.45) is 4.97. The van der Waals surface area contributed by atoms with E-state index in [0.29, 0.717) is 17.7 Å². The van der Waals surface area contributed by atoms with Crippen LogP contribution in [0.2, 0.25) is 0 Å². The maximum absolute atomic E-state index is 12.9. The van der Waals surface area contributed by atoms with Crippen LogP contribution < -0.4 is 4.74 Å². The van der Waals surface area contributed by atoms with E-state index in [1.54, 1.807) is 25.3 Å². The van der Waals surface area contributed by atoms with E-state index in [2.05, 4.69) is 0 Å². The molecule has 0 radical (unpaired) electrons. The van der Waals surface area contributed by atoms with Crippen LogP contribution in [0.15, 0.2) is 29.2 Å². The van der Waals surface area contributed by atoms with Gasteiger partial charge < -0.3 is 4.74 Å². The Balaban J connectivity index is 1.60. The quantitative estimate of drug-likeness (QED) is 0.440. The van der Waals surface area contributed by atoms with Gasteiger partial charge in [-0.05, 0) is 48.8 Å². The van der Waals surface area contributed by atoms with Gasteiger partial charge in [0.2, 0.25) is 0 Å². The second-order valence-electron chi connectivity index (χ2n) is 6.75. The highest BCUT2D eigenvalue weighted by atomic mass is 32.2. The molecule has 0 N–H and O–H groups in total. The molecule has 140 valence electrons. The lowest BCUT2D eigenvalue weighted by atomic mass is 9.81. The summed E-state index contributed by atoms with van der Waals surface area (Å²) in [6.45, 7) is 0. The molecule has 2 unspecified atom stereocenters. The van der Waals surface area contributed by atoms with Crippen molar-refractivity contribution in [2.24, 2.45) is 11.8 Å². The van der Waals surface area contributed by atoms with Gasteiger partial charge in [-0.2, -0.15) is 10.0 Å². The van der Waals surface area contributed by atoms with E-state index in [1.807, 2.05) is 12.1 Å². The maximum Gasteiger partial charge on any atom is 0.285 e. The third-order valence-corrected chi connectivity index (χ3v) is 6.49. The summed E-state index contributed by atoms with van der Waals surface area (Å²) in [5, 5.41) is 2.07. The van der Waals surface area contributed by atoms with Crippen LogP contribution >= 0.6 is 24.0 Å². The fourth-order valence-corrected chi connectivity index (χ4v) is 5.07. The van der Waals surface area contributed by atoms with Crippen LogP contribution in [-0.4, -0.2) is 39.2 Å². The molecular weight excluding hydrogens is 384 g/mol. The molecule has 1 aromatic rings. The highest BCUT2D eigenvalue weighted by Gasteiger charge is 2.54. The van der Waals surface area contributed by atoms with E-state index in [1.165, 1.54) is 0 Å². The summed E-state index contributed by atoms with van der Waals surface area (Å²) in [6, 6.07) is 7.24. The number of thioether (sulfide) groups is 1. The summed E-state index contributed by atoms with van der Waals surface area (Å²) < 4.78 is 5.34. The van der Waals surface area contributed by atoms with Crippen molar-refractivity contribution >= 4 is 52.1 Å². The Morgan fingerprint density at radius 3 is 2.19 bits per heavy atom. The monoisotopic (exact) mass is 402 g/mol. The van der Waals surface area contributed by atoms with Gasteiger partial charge in [-0.1, -0.05) is 36.7 Å². The van der Waals surface area contributed by atoms with Crippen LogP contribution in [0.25, 0.3) is 6.08 Å². The molecule has 1 aromatic carbocycles. The third-order valence-electron chi connectivity index (χ3n) is 5.20. The number of carbonyl (C=O) groups excluding carboxylic acids is 3. The first-order chi connectivity index (χ1) is 13.0. The number of ether oxygens (including phenoxy) is 1. The number of methoxy groups -OCH3 is 1. The molecule has 2 heterocycles. The predicted octanol–water partition coefficient (Wildman–Crippen LogP) is 2.99. The number of nitrogens with zero attached hydrogens (tertiary/aromatic N) is 2. The van der Waals surface area contributed by atoms with E-state index < -0.39 is 5.91 Å². The van der Waals surface area contributed by atoms with Crippen LogP contribution in [0.3, 0.4) is 0 Å². The molecule has 0 aromatic heterocycles. The topological polar surface area (TPSA) is 66.9 Å². The van der Waals surface area contributed by atoms with Gasteiger partial charge in [0, 0.05) is 0 Å². The summed E-state index contributed by atoms with van der Waals surface area (Å²) in [5.41, 5.74) is 0.809. The van der Waals surface area contributed by atoms with E-state index >= 15 is 0 Å². The SMILES string of the molecule is COc1ccc(/C=C2\SC(=S)N(N3C(=O)C4CCCCC4C3=O)C2=O)cc1. The lowest BCUT2D eigenvalue weighted by molar-refractivity contribution is -0.158. The van der Waals surface area contributed by atoms with Crippen molar-refractivity contribution in [3.05, 3.63) is 34.7 Å². The lowest BCUT2D eigenvalue weighted by Gasteiger charge is -2.24. The van der Waals surface area contributed by atoms with Crippen LogP contribution in [-0.2, 0) is 14.4 Å². The summed E-state index contributed by atoms with van der Waals surface area (Å²) >= 11 is 6.42. The first kappa shape index (κ1) is 18.2. The Kier molecular flexibility index (Phi) is 4.77. The number of imide groups is 1. The zero-order valence-corrected chi connectivity index (χ0v) is 16.3. The molecule has 1 aliphatic carbocycles. The minimum absolute atomic E-state index is 0.208. The molecule has 27 heavy (non-hydrogen) atoms. The normalized spacial score (nSPS) is 26.9. The maximum atomic E-state index is 12.9. The van der Waals surface area contributed by atoms with Gasteiger partial charge in [0.1, 0.15) is 5.75 Å². The average Bonchev–Trinajstić information content (AvgIpc) is 3.09. The average molecular weight is 402 g/mol. The largest absolute Gasteiger partial charge is 0.497 e. The molecule has 6 nitrogen and oxygen atoms in total. The fourth-order valence-electron chi connectivity index (χ4n) is 3.83. The van der Waals surface area contributed by atoms with Crippen LogP contribution in [0, 0.1) is 11.8 Å². The third kappa shape index (κ3) is 3.06. The van der Waals surface area contributed by atoms with Crippen molar-refractivity contribution in [1.82, 2.24) is 10.0 Å². The Hall–Kier alpha value is -2.19. The van der Waals surface area contributed by atoms with Crippen molar-refractivity contribution in [1.29, 1.82) is 0 Å². The molecule has 3 fully saturated rings. The number of hydrogen-bond acceptors (Lipinski definition) is 6. The van der Waals surface area contributed by atoms with Crippen molar-refractivity contribution in [3.63, 3.8) is 0 Å². The van der Waals surface area contributed by atoms with Crippen LogP contribution in [0.1, 0.15) is 31.2 Å². The first-order valence-corrected chi connectivity index (χ1v) is 10.0. The van der Waals surface area contributed by atoms with Gasteiger partial charge in [-0.25, -0.2) is 0 Å². The van der Waals surface area contributed by atoms with E-state index in [-0.39, 0.29) is 28.0 Å². The van der Waals surface area contributed by atoms with E-state index in [4.69, 9.17) is 17.0 Å². The minimum Gasteiger partial charge on any atom is -0.497 e. The van der Waals surface area contributed by atoms with Crippen molar-refractivity contribution in [3.8, 4) is 5.75 Å². The van der Waals surface area contributed by atoms with Crippen molar-refractivity contribution in [2.75, 3.05) is 7.11 Å². The number of hydrazine groups is 1. The number of fused-ring (bicyclic) bond motifs is 1. The number of benzene rings is 1. The highest BCUT2D eigenvalue weighted by Crippen LogP contribution is 2.42. The zero-order chi connectivity index (χ0) is 19.1. The Labute approximate surface area is 166 Å². The Bertz CT molecular complexity index is 841. The first-order valence-electron chi connectivity index (χ1n) is 8.81. The second kappa shape index (κ2) is 7.09. The summed E-state index contributed by atoms with van der Waals surface area (Å²) in [5.74, 6) is -0.946. The number of rotatable bonds is 3. The molecule has 8 heteroatoms. The molecular formula is C19H18N2O4S2. The molecule has 2 atom stereocenters. The van der Waals surface area contributed by atoms with Gasteiger partial charge in [-0.15, -0.1) is 0 Å². The van der Waals surface area contributed by atoms with Gasteiger partial charge in [0.15, 0.2) is 4.32 Å². The molecule has 1 saturated carbocycles. The fraction of sp³-hybridized carbons (Fsp3) is 0.368. The highest BCUT2D eigenvalue weighted by molar-refractivity contribution is 8.26. The van der Waals surface area contributed by atoms with Crippen molar-refractivity contribution in [2.45, 2.75) is 25.7 Å². The number of thiocarbonyl (C=S) groups is 1. The summed E-state index contributed by atoms with van der Waals surface area (Å²) in [7, 11) is 1.59. The smallest absolute Gasteiger partial charge is 0.285 e. The van der Waals surface area contributed by atoms with E-state index in [9.17, 15) is 14.4 Å². The molecule has 4 rings (SSSR count). The van der Waals surface area contributed by atoms with Gasteiger partial charge in [0.05, 0.1) is 23.9 Å². The molecule has 2 saturated heterocycles. The molecule has 3 aliphatic rings. The predicted molar refractivity (Wildman–Crippen MR) is 105 cm³/mol. The Morgan fingerprint density at radius 1 is 1.04 bits per heavy atom. The Morgan fingerprint density at radius 2 is 1.63 bits per heavy atom. The second-order valence-corrected chi connectivity index (χ2v) is 8.43. The van der Waals surface area contributed by atoms with Gasteiger partial charge in [-0.3, -0.25) is 14.4 Å². The van der Waals surface area contributed by atoms with Crippen LogP contribution in [0.5, 0.6) is 5.75 Å². The number of carbonyl (C=O) groups is 3. The number of hydrogen-bond donors (Lipinski definition) is 0. The molecule has 3 amide bonds. The lowest BCUT2D eigenvalue weighted by Crippen LogP contribution is -2.49. The standard InChI is InChI=1S/C19H18N2O4S2/c1-25-12-8-6-11(7-9-12)10-15-18(24)21(19(26)27-15)20-16(22)13-4-2-3-5-14(13)17(20)23/h6-10,13-14H,2-5H2,1H3/b15-10-. The zero-order valence-electron chi connectivity index (χ0n) is 14.7. The van der Waals surface area contributed by atoms with Gasteiger partial charge in [0.25, 0.3) is 17.7 Å². The molecule has 0 bridgehead atoms. The number of amides is 3. The molecule has 2 aliphatic heterocycles. The van der Waals surface area contributed by atoms with Crippen molar-refractivity contribution < 1.29 is 19.1 Å². The minimum atomic E-state index is -0.429. The van der Waals surface area contributed by atoms with E-state index in [0.717, 1.165) is 45.9 Å². The van der Waals surface area contributed by atoms with Gasteiger partial charge >= 0.3 is 0 Å². The summed E-state index contributed by atoms with van der Waals surface area (Å²) in [4.78, 5) is 38.8. The van der Waals surface area contributed by atoms with Crippen LogP contribution in [0.4, 0.5) is 0 Å².